The Balaban J connectivity index is 2.87. The molecule has 1 atom stereocenters. The lowest BCUT2D eigenvalue weighted by molar-refractivity contribution is 0.0976. The summed E-state index contributed by atoms with van der Waals surface area (Å²) >= 11 is 0. The van der Waals surface area contributed by atoms with Crippen LogP contribution in [0.4, 0.5) is 17.6 Å². The summed E-state index contributed by atoms with van der Waals surface area (Å²) in [5.74, 6) is 3.14. The first kappa shape index (κ1) is 11.9. The minimum Gasteiger partial charge on any atom is -0.271 e. The molecule has 3 N–H and O–H groups in total. The van der Waals surface area contributed by atoms with Crippen LogP contribution >= 0.6 is 0 Å². The lowest BCUT2D eigenvalue weighted by atomic mass is 10.1. The highest BCUT2D eigenvalue weighted by molar-refractivity contribution is 5.20. The van der Waals surface area contributed by atoms with Crippen LogP contribution in [0.1, 0.15) is 5.56 Å². The van der Waals surface area contributed by atoms with Crippen molar-refractivity contribution < 1.29 is 17.6 Å². The first-order valence-corrected chi connectivity index (χ1v) is 4.23. The molecule has 0 aliphatic rings. The van der Waals surface area contributed by atoms with Gasteiger partial charge in [-0.25, -0.2) is 17.6 Å². The molecule has 1 unspecified atom stereocenters. The summed E-state index contributed by atoms with van der Waals surface area (Å²) in [6.07, 6.45) is -3.28. The van der Waals surface area contributed by atoms with Crippen LogP contribution in [0.25, 0.3) is 0 Å². The second-order valence-electron chi connectivity index (χ2n) is 3.01. The molecule has 2 nitrogen and oxygen atoms in total. The van der Waals surface area contributed by atoms with Gasteiger partial charge >= 0.3 is 0 Å². The van der Waals surface area contributed by atoms with E-state index in [1.54, 1.807) is 0 Å². The van der Waals surface area contributed by atoms with Crippen molar-refractivity contribution in [1.82, 2.24) is 5.43 Å². The SMILES string of the molecule is NNC(Cc1c(F)cccc1F)C(F)F. The first-order chi connectivity index (χ1) is 7.06. The first-order valence-electron chi connectivity index (χ1n) is 4.23. The zero-order chi connectivity index (χ0) is 11.4. The minimum absolute atomic E-state index is 0.388. The summed E-state index contributed by atoms with van der Waals surface area (Å²) in [7, 11) is 0. The lowest BCUT2D eigenvalue weighted by Gasteiger charge is -2.15. The van der Waals surface area contributed by atoms with E-state index in [2.05, 4.69) is 0 Å². The van der Waals surface area contributed by atoms with E-state index < -0.39 is 30.5 Å². The fourth-order valence-corrected chi connectivity index (χ4v) is 1.17. The van der Waals surface area contributed by atoms with Gasteiger partial charge in [-0.3, -0.25) is 11.3 Å². The molecule has 0 aromatic heterocycles. The molecule has 84 valence electrons. The molecule has 15 heavy (non-hydrogen) atoms. The number of hydrogen-bond donors (Lipinski definition) is 2. The molecule has 0 radical (unpaired) electrons. The Kier molecular flexibility index (Phi) is 4.05. The maximum Gasteiger partial charge on any atom is 0.255 e. The van der Waals surface area contributed by atoms with Crippen molar-refractivity contribution in [3.8, 4) is 0 Å². The molecule has 0 aliphatic heterocycles. The zero-order valence-corrected chi connectivity index (χ0v) is 7.68. The maximum atomic E-state index is 13.1. The molecule has 0 saturated carbocycles. The Bertz CT molecular complexity index is 310. The molecule has 1 aromatic carbocycles. The van der Waals surface area contributed by atoms with E-state index in [-0.39, 0.29) is 5.56 Å². The van der Waals surface area contributed by atoms with E-state index in [9.17, 15) is 17.6 Å². The van der Waals surface area contributed by atoms with E-state index in [1.165, 1.54) is 6.07 Å². The number of hydrogen-bond acceptors (Lipinski definition) is 2. The molecule has 0 heterocycles. The Morgan fingerprint density at radius 1 is 1.20 bits per heavy atom. The summed E-state index contributed by atoms with van der Waals surface area (Å²) < 4.78 is 50.6. The van der Waals surface area contributed by atoms with Crippen molar-refractivity contribution in [2.75, 3.05) is 0 Å². The predicted molar refractivity (Wildman–Crippen MR) is 47.2 cm³/mol. The summed E-state index contributed by atoms with van der Waals surface area (Å²) in [6, 6.07) is 1.73. The third-order valence-corrected chi connectivity index (χ3v) is 2.00. The average molecular weight is 222 g/mol. The predicted octanol–water partition coefficient (Wildman–Crippen LogP) is 1.60. The van der Waals surface area contributed by atoms with Gasteiger partial charge in [0.05, 0.1) is 6.04 Å². The number of benzene rings is 1. The van der Waals surface area contributed by atoms with Gasteiger partial charge in [0.25, 0.3) is 6.43 Å². The smallest absolute Gasteiger partial charge is 0.255 e. The van der Waals surface area contributed by atoms with Crippen molar-refractivity contribution in [3.05, 3.63) is 35.4 Å². The molecular formula is C9H10F4N2. The quantitative estimate of drug-likeness (QED) is 0.461. The van der Waals surface area contributed by atoms with Crippen LogP contribution in [0.3, 0.4) is 0 Å². The van der Waals surface area contributed by atoms with Crippen molar-refractivity contribution >= 4 is 0 Å². The zero-order valence-electron chi connectivity index (χ0n) is 7.68. The highest BCUT2D eigenvalue weighted by Crippen LogP contribution is 2.16. The van der Waals surface area contributed by atoms with Crippen LogP contribution in [0.5, 0.6) is 0 Å². The van der Waals surface area contributed by atoms with Crippen LogP contribution in [-0.2, 0) is 6.42 Å². The Morgan fingerprint density at radius 3 is 2.13 bits per heavy atom. The summed E-state index contributed by atoms with van der Waals surface area (Å²) in [5, 5.41) is 0. The van der Waals surface area contributed by atoms with Crippen LogP contribution in [-0.4, -0.2) is 12.5 Å². The second kappa shape index (κ2) is 5.09. The Labute approximate surface area is 84.0 Å². The number of alkyl halides is 2. The maximum absolute atomic E-state index is 13.1. The van der Waals surface area contributed by atoms with Gasteiger partial charge in [0.1, 0.15) is 11.6 Å². The highest BCUT2D eigenvalue weighted by atomic mass is 19.3. The van der Waals surface area contributed by atoms with Crippen molar-refractivity contribution in [2.24, 2.45) is 5.84 Å². The van der Waals surface area contributed by atoms with Crippen LogP contribution < -0.4 is 11.3 Å². The number of nitrogens with one attached hydrogen (secondary N) is 1. The van der Waals surface area contributed by atoms with Crippen LogP contribution in [0.2, 0.25) is 0 Å². The van der Waals surface area contributed by atoms with Gasteiger partial charge in [-0.05, 0) is 12.1 Å². The van der Waals surface area contributed by atoms with Gasteiger partial charge in [-0.2, -0.15) is 0 Å². The molecule has 1 rings (SSSR count). The van der Waals surface area contributed by atoms with E-state index >= 15 is 0 Å². The van der Waals surface area contributed by atoms with Crippen molar-refractivity contribution in [3.63, 3.8) is 0 Å². The second-order valence-corrected chi connectivity index (χ2v) is 3.01. The third kappa shape index (κ3) is 2.90. The van der Waals surface area contributed by atoms with E-state index in [1.807, 2.05) is 5.43 Å². The summed E-state index contributed by atoms with van der Waals surface area (Å²) in [6.45, 7) is 0. The lowest BCUT2D eigenvalue weighted by Crippen LogP contribution is -2.42. The van der Waals surface area contributed by atoms with Gasteiger partial charge in [0.2, 0.25) is 0 Å². The standard InChI is InChI=1S/C9H10F4N2/c10-6-2-1-3-7(11)5(6)4-8(15-14)9(12)13/h1-3,8-9,15H,4,14H2. The number of hydrazine groups is 1. The summed E-state index contributed by atoms with van der Waals surface area (Å²) in [4.78, 5) is 0. The molecular weight excluding hydrogens is 212 g/mol. The molecule has 0 saturated heterocycles. The fourth-order valence-electron chi connectivity index (χ4n) is 1.17. The van der Waals surface area contributed by atoms with Crippen molar-refractivity contribution in [2.45, 2.75) is 18.9 Å². The van der Waals surface area contributed by atoms with Gasteiger partial charge in [-0.15, -0.1) is 0 Å². The topological polar surface area (TPSA) is 38.0 Å². The average Bonchev–Trinajstić information content (AvgIpc) is 2.17. The molecule has 0 amide bonds. The van der Waals surface area contributed by atoms with Gasteiger partial charge in [-0.1, -0.05) is 6.07 Å². The fraction of sp³-hybridized carbons (Fsp3) is 0.333. The van der Waals surface area contributed by atoms with E-state index in [0.717, 1.165) is 12.1 Å². The van der Waals surface area contributed by atoms with E-state index in [4.69, 9.17) is 5.84 Å². The molecule has 0 aliphatic carbocycles. The largest absolute Gasteiger partial charge is 0.271 e. The van der Waals surface area contributed by atoms with Crippen LogP contribution in [0, 0.1) is 11.6 Å². The van der Waals surface area contributed by atoms with E-state index in [0.29, 0.717) is 0 Å². The Morgan fingerprint density at radius 2 is 1.73 bits per heavy atom. The number of rotatable bonds is 4. The molecule has 0 spiro atoms. The number of halogens is 4. The number of nitrogens with two attached hydrogens (primary N) is 1. The van der Waals surface area contributed by atoms with Gasteiger partial charge < -0.3 is 0 Å². The molecule has 0 bridgehead atoms. The molecule has 1 aromatic rings. The van der Waals surface area contributed by atoms with Gasteiger partial charge in [0, 0.05) is 12.0 Å². The summed E-state index contributed by atoms with van der Waals surface area (Å²) in [5.41, 5.74) is 1.43. The highest BCUT2D eigenvalue weighted by Gasteiger charge is 2.22. The monoisotopic (exact) mass is 222 g/mol. The third-order valence-electron chi connectivity index (χ3n) is 2.00. The molecule has 0 fully saturated rings. The van der Waals surface area contributed by atoms with Crippen LogP contribution in [0.15, 0.2) is 18.2 Å². The molecule has 6 heteroatoms. The van der Waals surface area contributed by atoms with Gasteiger partial charge in [0.15, 0.2) is 0 Å². The minimum atomic E-state index is -2.78. The van der Waals surface area contributed by atoms with Crippen molar-refractivity contribution in [1.29, 1.82) is 0 Å². The normalized spacial score (nSPS) is 13.2. The Hall–Kier alpha value is -1.14.